The predicted molar refractivity (Wildman–Crippen MR) is 83.9 cm³/mol. The van der Waals surface area contributed by atoms with E-state index in [1.807, 2.05) is 0 Å². The first-order valence-corrected chi connectivity index (χ1v) is 8.09. The highest BCUT2D eigenvalue weighted by molar-refractivity contribution is 7.18. The molecule has 0 spiro atoms. The molecule has 1 heterocycles. The van der Waals surface area contributed by atoms with Crippen LogP contribution in [0.15, 0.2) is 18.2 Å². The van der Waals surface area contributed by atoms with Gasteiger partial charge in [0.25, 0.3) is 0 Å². The summed E-state index contributed by atoms with van der Waals surface area (Å²) < 4.78 is 1.29. The SMILES string of the molecule is Cc1nc2ccc(NC3C(C)CCCC3C)cc2s1. The molecular formula is C16H22N2S. The van der Waals surface area contributed by atoms with Crippen molar-refractivity contribution in [3.63, 3.8) is 0 Å². The van der Waals surface area contributed by atoms with E-state index in [4.69, 9.17) is 0 Å². The third-order valence-corrected chi connectivity index (χ3v) is 5.31. The van der Waals surface area contributed by atoms with E-state index in [0.29, 0.717) is 6.04 Å². The summed E-state index contributed by atoms with van der Waals surface area (Å²) in [6, 6.07) is 7.18. The van der Waals surface area contributed by atoms with Gasteiger partial charge >= 0.3 is 0 Å². The maximum Gasteiger partial charge on any atom is 0.0907 e. The van der Waals surface area contributed by atoms with Gasteiger partial charge in [-0.1, -0.05) is 20.3 Å². The standard InChI is InChI=1S/C16H22N2S/c1-10-5-4-6-11(2)16(10)18-13-7-8-14-15(9-13)19-12(3)17-14/h7-11,16,18H,4-6H2,1-3H3. The summed E-state index contributed by atoms with van der Waals surface area (Å²) in [5, 5.41) is 4.91. The fraction of sp³-hybridized carbons (Fsp3) is 0.562. The number of benzene rings is 1. The molecule has 0 saturated heterocycles. The molecule has 0 bridgehead atoms. The first-order valence-electron chi connectivity index (χ1n) is 7.27. The quantitative estimate of drug-likeness (QED) is 0.847. The number of rotatable bonds is 2. The van der Waals surface area contributed by atoms with Crippen molar-refractivity contribution < 1.29 is 0 Å². The molecule has 3 heteroatoms. The number of nitrogens with zero attached hydrogens (tertiary/aromatic N) is 1. The molecule has 3 rings (SSSR count). The molecule has 0 amide bonds. The van der Waals surface area contributed by atoms with Crippen LogP contribution in [0.4, 0.5) is 5.69 Å². The zero-order valence-electron chi connectivity index (χ0n) is 11.9. The molecule has 1 saturated carbocycles. The minimum atomic E-state index is 0.611. The van der Waals surface area contributed by atoms with Crippen LogP contribution in [-0.4, -0.2) is 11.0 Å². The highest BCUT2D eigenvalue weighted by Crippen LogP contribution is 2.32. The summed E-state index contributed by atoms with van der Waals surface area (Å²) in [6.45, 7) is 6.83. The maximum absolute atomic E-state index is 4.52. The van der Waals surface area contributed by atoms with Crippen molar-refractivity contribution in [1.82, 2.24) is 4.98 Å². The lowest BCUT2D eigenvalue weighted by molar-refractivity contribution is 0.268. The van der Waals surface area contributed by atoms with Crippen molar-refractivity contribution in [2.45, 2.75) is 46.1 Å². The third-order valence-electron chi connectivity index (χ3n) is 4.37. The first kappa shape index (κ1) is 12.9. The van der Waals surface area contributed by atoms with E-state index in [9.17, 15) is 0 Å². The largest absolute Gasteiger partial charge is 0.382 e. The molecule has 2 unspecified atom stereocenters. The molecule has 1 aromatic carbocycles. The van der Waals surface area contributed by atoms with Gasteiger partial charge in [-0.25, -0.2) is 4.98 Å². The molecule has 1 aromatic heterocycles. The van der Waals surface area contributed by atoms with Crippen LogP contribution in [0.3, 0.4) is 0 Å². The van der Waals surface area contributed by atoms with Crippen molar-refractivity contribution in [3.8, 4) is 0 Å². The van der Waals surface area contributed by atoms with Crippen LogP contribution in [-0.2, 0) is 0 Å². The Balaban J connectivity index is 1.83. The molecular weight excluding hydrogens is 252 g/mol. The van der Waals surface area contributed by atoms with Gasteiger partial charge in [0, 0.05) is 11.7 Å². The van der Waals surface area contributed by atoms with Crippen LogP contribution in [0.2, 0.25) is 0 Å². The van der Waals surface area contributed by atoms with Gasteiger partial charge < -0.3 is 5.32 Å². The van der Waals surface area contributed by atoms with Crippen molar-refractivity contribution >= 4 is 27.2 Å². The Hall–Kier alpha value is -1.09. The number of nitrogens with one attached hydrogen (secondary N) is 1. The molecule has 2 aromatic rings. The monoisotopic (exact) mass is 274 g/mol. The van der Waals surface area contributed by atoms with Gasteiger partial charge in [0.2, 0.25) is 0 Å². The number of fused-ring (bicyclic) bond motifs is 1. The molecule has 1 fully saturated rings. The van der Waals surface area contributed by atoms with E-state index in [2.05, 4.69) is 49.3 Å². The summed E-state index contributed by atoms with van der Waals surface area (Å²) in [5.41, 5.74) is 2.37. The fourth-order valence-electron chi connectivity index (χ4n) is 3.29. The number of anilines is 1. The number of aryl methyl sites for hydroxylation is 1. The van der Waals surface area contributed by atoms with E-state index >= 15 is 0 Å². The van der Waals surface area contributed by atoms with Gasteiger partial charge in [0.1, 0.15) is 0 Å². The van der Waals surface area contributed by atoms with Crippen molar-refractivity contribution in [3.05, 3.63) is 23.2 Å². The van der Waals surface area contributed by atoms with Crippen LogP contribution in [0.25, 0.3) is 10.2 Å². The highest BCUT2D eigenvalue weighted by atomic mass is 32.1. The Kier molecular flexibility index (Phi) is 3.48. The van der Waals surface area contributed by atoms with Gasteiger partial charge in [0.05, 0.1) is 15.2 Å². The van der Waals surface area contributed by atoms with Crippen LogP contribution in [0, 0.1) is 18.8 Å². The molecule has 0 aliphatic heterocycles. The number of hydrogen-bond donors (Lipinski definition) is 1. The van der Waals surface area contributed by atoms with Gasteiger partial charge in [-0.15, -0.1) is 11.3 Å². The van der Waals surface area contributed by atoms with Crippen molar-refractivity contribution in [1.29, 1.82) is 0 Å². The Bertz CT molecular complexity index is 565. The highest BCUT2D eigenvalue weighted by Gasteiger charge is 2.27. The van der Waals surface area contributed by atoms with Gasteiger partial charge in [0.15, 0.2) is 0 Å². The molecule has 1 aliphatic rings. The summed E-state index contributed by atoms with van der Waals surface area (Å²) in [7, 11) is 0. The average Bonchev–Trinajstić information content (AvgIpc) is 2.73. The fourth-order valence-corrected chi connectivity index (χ4v) is 4.15. The number of hydrogen-bond acceptors (Lipinski definition) is 3. The second-order valence-electron chi connectivity index (χ2n) is 5.97. The van der Waals surface area contributed by atoms with E-state index < -0.39 is 0 Å². The van der Waals surface area contributed by atoms with Gasteiger partial charge in [-0.2, -0.15) is 0 Å². The zero-order valence-corrected chi connectivity index (χ0v) is 12.8. The average molecular weight is 274 g/mol. The number of aromatic nitrogens is 1. The van der Waals surface area contributed by atoms with Crippen LogP contribution >= 0.6 is 11.3 Å². The topological polar surface area (TPSA) is 24.9 Å². The van der Waals surface area contributed by atoms with Gasteiger partial charge in [-0.3, -0.25) is 0 Å². The molecule has 2 atom stereocenters. The van der Waals surface area contributed by atoms with Gasteiger partial charge in [-0.05, 0) is 49.8 Å². The lowest BCUT2D eigenvalue weighted by Crippen LogP contribution is -2.36. The predicted octanol–water partition coefficient (Wildman–Crippen LogP) is 4.84. The summed E-state index contributed by atoms with van der Waals surface area (Å²) in [6.07, 6.45) is 4.08. The Morgan fingerprint density at radius 3 is 2.68 bits per heavy atom. The Labute approximate surface area is 119 Å². The van der Waals surface area contributed by atoms with Crippen LogP contribution < -0.4 is 5.32 Å². The van der Waals surface area contributed by atoms with E-state index in [1.165, 1.54) is 29.6 Å². The van der Waals surface area contributed by atoms with E-state index in [1.54, 1.807) is 11.3 Å². The van der Waals surface area contributed by atoms with Crippen LogP contribution in [0.1, 0.15) is 38.1 Å². The molecule has 19 heavy (non-hydrogen) atoms. The molecule has 102 valence electrons. The van der Waals surface area contributed by atoms with Crippen LogP contribution in [0.5, 0.6) is 0 Å². The van der Waals surface area contributed by atoms with E-state index in [0.717, 1.165) is 22.4 Å². The minimum Gasteiger partial charge on any atom is -0.382 e. The van der Waals surface area contributed by atoms with Crippen molar-refractivity contribution in [2.24, 2.45) is 11.8 Å². The summed E-state index contributed by atoms with van der Waals surface area (Å²) in [4.78, 5) is 4.52. The summed E-state index contributed by atoms with van der Waals surface area (Å²) in [5.74, 6) is 1.53. The smallest absolute Gasteiger partial charge is 0.0907 e. The molecule has 1 N–H and O–H groups in total. The number of thiazole rings is 1. The third kappa shape index (κ3) is 2.62. The Morgan fingerprint density at radius 2 is 1.95 bits per heavy atom. The second-order valence-corrected chi connectivity index (χ2v) is 7.21. The molecule has 0 radical (unpaired) electrons. The molecule has 1 aliphatic carbocycles. The maximum atomic E-state index is 4.52. The van der Waals surface area contributed by atoms with Crippen molar-refractivity contribution in [2.75, 3.05) is 5.32 Å². The second kappa shape index (κ2) is 5.12. The lowest BCUT2D eigenvalue weighted by Gasteiger charge is -2.35. The minimum absolute atomic E-state index is 0.611. The molecule has 2 nitrogen and oxygen atoms in total. The van der Waals surface area contributed by atoms with E-state index in [-0.39, 0.29) is 0 Å². The normalized spacial score (nSPS) is 27.6. The zero-order chi connectivity index (χ0) is 13.4. The Morgan fingerprint density at radius 1 is 1.21 bits per heavy atom. The lowest BCUT2D eigenvalue weighted by atomic mass is 9.78. The summed E-state index contributed by atoms with van der Waals surface area (Å²) >= 11 is 1.78. The first-order chi connectivity index (χ1) is 9.13.